The van der Waals surface area contributed by atoms with Crippen LogP contribution in [0.4, 0.5) is 0 Å². The lowest BCUT2D eigenvalue weighted by molar-refractivity contribution is -0.109. The molecule has 0 aromatic carbocycles. The molecule has 0 saturated carbocycles. The van der Waals surface area contributed by atoms with Crippen LogP contribution in [0.2, 0.25) is 0 Å². The molecule has 0 aliphatic heterocycles. The minimum absolute atomic E-state index is 0.291. The zero-order chi connectivity index (χ0) is 10.4. The van der Waals surface area contributed by atoms with E-state index in [1.54, 1.807) is 12.3 Å². The zero-order valence-electron chi connectivity index (χ0n) is 7.65. The fourth-order valence-electron chi connectivity index (χ4n) is 0.820. The SMILES string of the molecule is CCOC(=O)c1csc(CNC=O)n1. The molecule has 6 heteroatoms. The molecule has 1 heterocycles. The number of aromatic nitrogens is 1. The topological polar surface area (TPSA) is 68.3 Å². The molecule has 0 spiro atoms. The van der Waals surface area contributed by atoms with E-state index in [1.807, 2.05) is 0 Å². The van der Waals surface area contributed by atoms with Gasteiger partial charge in [-0.25, -0.2) is 9.78 Å². The maximum atomic E-state index is 11.2. The number of carbonyl (C=O) groups is 2. The van der Waals surface area contributed by atoms with Gasteiger partial charge in [-0.05, 0) is 6.92 Å². The first-order valence-electron chi connectivity index (χ1n) is 4.06. The number of hydrogen-bond donors (Lipinski definition) is 1. The predicted octanol–water partition coefficient (Wildman–Crippen LogP) is 0.566. The van der Waals surface area contributed by atoms with E-state index in [1.165, 1.54) is 11.3 Å². The molecule has 1 aromatic heterocycles. The Kier molecular flexibility index (Phi) is 4.06. The first-order chi connectivity index (χ1) is 6.77. The van der Waals surface area contributed by atoms with Crippen LogP contribution >= 0.6 is 11.3 Å². The van der Waals surface area contributed by atoms with Crippen molar-refractivity contribution in [2.45, 2.75) is 13.5 Å². The summed E-state index contributed by atoms with van der Waals surface area (Å²) in [6.45, 7) is 2.41. The molecule has 76 valence electrons. The summed E-state index contributed by atoms with van der Waals surface area (Å²) >= 11 is 1.31. The summed E-state index contributed by atoms with van der Waals surface area (Å²) in [7, 11) is 0. The molecule has 0 fully saturated rings. The normalized spacial score (nSPS) is 9.50. The van der Waals surface area contributed by atoms with Gasteiger partial charge < -0.3 is 10.1 Å². The van der Waals surface area contributed by atoms with E-state index in [4.69, 9.17) is 4.74 Å². The Morgan fingerprint density at radius 3 is 3.21 bits per heavy atom. The van der Waals surface area contributed by atoms with Gasteiger partial charge >= 0.3 is 5.97 Å². The molecular weight excluding hydrogens is 204 g/mol. The molecular formula is C8H10N2O3S. The predicted molar refractivity (Wildman–Crippen MR) is 51.0 cm³/mol. The third kappa shape index (κ3) is 2.81. The van der Waals surface area contributed by atoms with Gasteiger partial charge in [0.1, 0.15) is 5.01 Å². The molecule has 0 aliphatic carbocycles. The van der Waals surface area contributed by atoms with Crippen LogP contribution in [-0.4, -0.2) is 24.0 Å². The lowest BCUT2D eigenvalue weighted by atomic mass is 10.5. The lowest BCUT2D eigenvalue weighted by Gasteiger charge is -1.96. The average molecular weight is 214 g/mol. The molecule has 0 radical (unpaired) electrons. The molecule has 1 amide bonds. The summed E-state index contributed by atoms with van der Waals surface area (Å²) in [4.78, 5) is 25.1. The van der Waals surface area contributed by atoms with Crippen LogP contribution in [0.25, 0.3) is 0 Å². The zero-order valence-corrected chi connectivity index (χ0v) is 8.47. The average Bonchev–Trinajstić information content (AvgIpc) is 2.63. The maximum Gasteiger partial charge on any atom is 0.357 e. The molecule has 1 N–H and O–H groups in total. The molecule has 0 atom stereocenters. The standard InChI is InChI=1S/C8H10N2O3S/c1-2-13-8(12)6-4-14-7(10-6)3-9-5-11/h4-5H,2-3H2,1H3,(H,9,11). The van der Waals surface area contributed by atoms with Crippen molar-refractivity contribution in [2.24, 2.45) is 0 Å². The summed E-state index contributed by atoms with van der Waals surface area (Å²) < 4.78 is 4.76. The molecule has 1 rings (SSSR count). The van der Waals surface area contributed by atoms with Crippen LogP contribution in [0.1, 0.15) is 22.4 Å². The smallest absolute Gasteiger partial charge is 0.357 e. The van der Waals surface area contributed by atoms with Gasteiger partial charge in [-0.1, -0.05) is 0 Å². The number of amides is 1. The Morgan fingerprint density at radius 1 is 1.79 bits per heavy atom. The molecule has 1 aromatic rings. The van der Waals surface area contributed by atoms with Crippen molar-refractivity contribution >= 4 is 23.7 Å². The monoisotopic (exact) mass is 214 g/mol. The van der Waals surface area contributed by atoms with Crippen molar-refractivity contribution in [1.29, 1.82) is 0 Å². The van der Waals surface area contributed by atoms with Gasteiger partial charge in [-0.15, -0.1) is 11.3 Å². The van der Waals surface area contributed by atoms with E-state index in [9.17, 15) is 9.59 Å². The summed E-state index contributed by atoms with van der Waals surface area (Å²) in [5, 5.41) is 4.76. The third-order valence-electron chi connectivity index (χ3n) is 1.37. The number of rotatable bonds is 5. The highest BCUT2D eigenvalue weighted by Crippen LogP contribution is 2.10. The second kappa shape index (κ2) is 5.33. The highest BCUT2D eigenvalue weighted by molar-refractivity contribution is 7.09. The molecule has 14 heavy (non-hydrogen) atoms. The highest BCUT2D eigenvalue weighted by atomic mass is 32.1. The molecule has 0 unspecified atom stereocenters. The molecule has 0 aliphatic rings. The van der Waals surface area contributed by atoms with E-state index in [0.717, 1.165) is 0 Å². The van der Waals surface area contributed by atoms with Crippen LogP contribution in [0.15, 0.2) is 5.38 Å². The van der Waals surface area contributed by atoms with Gasteiger partial charge in [0.15, 0.2) is 5.69 Å². The van der Waals surface area contributed by atoms with Crippen LogP contribution in [-0.2, 0) is 16.1 Å². The molecule has 0 bridgehead atoms. The van der Waals surface area contributed by atoms with Crippen molar-refractivity contribution in [3.63, 3.8) is 0 Å². The minimum atomic E-state index is -0.430. The molecule has 0 saturated heterocycles. The van der Waals surface area contributed by atoms with Gasteiger partial charge in [0, 0.05) is 5.38 Å². The number of hydrogen-bond acceptors (Lipinski definition) is 5. The van der Waals surface area contributed by atoms with Gasteiger partial charge in [0.05, 0.1) is 13.2 Å². The Bertz CT molecular complexity index is 324. The van der Waals surface area contributed by atoms with Crippen LogP contribution in [0.5, 0.6) is 0 Å². The lowest BCUT2D eigenvalue weighted by Crippen LogP contribution is -2.10. The van der Waals surface area contributed by atoms with Gasteiger partial charge in [-0.3, -0.25) is 4.79 Å². The fraction of sp³-hybridized carbons (Fsp3) is 0.375. The van der Waals surface area contributed by atoms with Gasteiger partial charge in [0.25, 0.3) is 0 Å². The van der Waals surface area contributed by atoms with E-state index < -0.39 is 5.97 Å². The number of ether oxygens (including phenoxy) is 1. The summed E-state index contributed by atoms with van der Waals surface area (Å²) in [6, 6.07) is 0. The number of nitrogens with zero attached hydrogens (tertiary/aromatic N) is 1. The van der Waals surface area contributed by atoms with Crippen LogP contribution in [0.3, 0.4) is 0 Å². The largest absolute Gasteiger partial charge is 0.461 e. The van der Waals surface area contributed by atoms with Crippen molar-refractivity contribution < 1.29 is 14.3 Å². The Balaban J connectivity index is 2.58. The minimum Gasteiger partial charge on any atom is -0.461 e. The van der Waals surface area contributed by atoms with Crippen LogP contribution in [0, 0.1) is 0 Å². The number of thiazole rings is 1. The summed E-state index contributed by atoms with van der Waals surface area (Å²) in [5.74, 6) is -0.430. The van der Waals surface area contributed by atoms with E-state index in [-0.39, 0.29) is 0 Å². The van der Waals surface area contributed by atoms with Crippen molar-refractivity contribution in [2.75, 3.05) is 6.61 Å². The van der Waals surface area contributed by atoms with Crippen LogP contribution < -0.4 is 5.32 Å². The number of nitrogens with one attached hydrogen (secondary N) is 1. The second-order valence-corrected chi connectivity index (χ2v) is 3.29. The fourth-order valence-corrected chi connectivity index (χ4v) is 1.53. The number of carbonyl (C=O) groups excluding carboxylic acids is 2. The Hall–Kier alpha value is -1.43. The van der Waals surface area contributed by atoms with Gasteiger partial charge in [-0.2, -0.15) is 0 Å². The van der Waals surface area contributed by atoms with E-state index in [2.05, 4.69) is 10.3 Å². The van der Waals surface area contributed by atoms with Gasteiger partial charge in [0.2, 0.25) is 6.41 Å². The summed E-state index contributed by atoms with van der Waals surface area (Å²) in [6.07, 6.45) is 0.589. The second-order valence-electron chi connectivity index (χ2n) is 2.35. The summed E-state index contributed by atoms with van der Waals surface area (Å²) in [5.41, 5.74) is 0.291. The van der Waals surface area contributed by atoms with E-state index in [0.29, 0.717) is 30.3 Å². The third-order valence-corrected chi connectivity index (χ3v) is 2.22. The maximum absolute atomic E-state index is 11.2. The highest BCUT2D eigenvalue weighted by Gasteiger charge is 2.10. The first kappa shape index (κ1) is 10.6. The molecule has 5 nitrogen and oxygen atoms in total. The van der Waals surface area contributed by atoms with Crippen molar-refractivity contribution in [3.05, 3.63) is 16.1 Å². The Labute approximate surface area is 85.1 Å². The van der Waals surface area contributed by atoms with Crippen molar-refractivity contribution in [1.82, 2.24) is 10.3 Å². The number of esters is 1. The van der Waals surface area contributed by atoms with E-state index >= 15 is 0 Å². The van der Waals surface area contributed by atoms with Crippen molar-refractivity contribution in [3.8, 4) is 0 Å². The quantitative estimate of drug-likeness (QED) is 0.574. The first-order valence-corrected chi connectivity index (χ1v) is 4.94. The Morgan fingerprint density at radius 2 is 2.57 bits per heavy atom.